The molecule has 0 aliphatic carbocycles. The summed E-state index contributed by atoms with van der Waals surface area (Å²) >= 11 is 1.49. The molecule has 0 atom stereocenters. The molecule has 0 saturated carbocycles. The minimum atomic E-state index is -0.115. The largest absolute Gasteiger partial charge is 0.494 e. The average Bonchev–Trinajstić information content (AvgIpc) is 3.22. The fourth-order valence-electron chi connectivity index (χ4n) is 4.08. The number of rotatable bonds is 3. The summed E-state index contributed by atoms with van der Waals surface area (Å²) < 4.78 is 12.0. The molecule has 30 heavy (non-hydrogen) atoms. The quantitative estimate of drug-likeness (QED) is 0.694. The Labute approximate surface area is 179 Å². The molecule has 3 heterocycles. The maximum atomic E-state index is 12.9. The lowest BCUT2D eigenvalue weighted by atomic mass is 10.0. The van der Waals surface area contributed by atoms with Crippen molar-refractivity contribution in [3.63, 3.8) is 0 Å². The minimum Gasteiger partial charge on any atom is -0.494 e. The number of urea groups is 1. The van der Waals surface area contributed by atoms with Crippen molar-refractivity contribution in [1.29, 1.82) is 0 Å². The highest BCUT2D eigenvalue weighted by atomic mass is 32.1. The van der Waals surface area contributed by atoms with Crippen molar-refractivity contribution in [3.8, 4) is 5.75 Å². The van der Waals surface area contributed by atoms with E-state index in [1.165, 1.54) is 22.5 Å². The number of carbonyl (C=O) groups is 1. The van der Waals surface area contributed by atoms with Crippen LogP contribution in [0.5, 0.6) is 5.75 Å². The van der Waals surface area contributed by atoms with Crippen molar-refractivity contribution in [2.75, 3.05) is 50.2 Å². The van der Waals surface area contributed by atoms with Gasteiger partial charge in [-0.15, -0.1) is 0 Å². The highest BCUT2D eigenvalue weighted by Gasteiger charge is 2.23. The van der Waals surface area contributed by atoms with Crippen molar-refractivity contribution >= 4 is 38.4 Å². The summed E-state index contributed by atoms with van der Waals surface area (Å²) in [4.78, 5) is 21.8. The first kappa shape index (κ1) is 19.1. The SMILES string of the molecule is COc1ccc(N2CCOCC2)c2sc(NC(=O)N3CCc4ccccc4C3)nc12. The van der Waals surface area contributed by atoms with Gasteiger partial charge < -0.3 is 19.3 Å². The summed E-state index contributed by atoms with van der Waals surface area (Å²) in [6, 6.07) is 12.2. The van der Waals surface area contributed by atoms with Gasteiger partial charge in [-0.3, -0.25) is 5.32 Å². The Bertz CT molecular complexity index is 1080. The van der Waals surface area contributed by atoms with Crippen LogP contribution in [0.4, 0.5) is 15.6 Å². The van der Waals surface area contributed by atoms with Gasteiger partial charge in [0.25, 0.3) is 0 Å². The Kier molecular flexibility index (Phi) is 5.18. The molecule has 1 fully saturated rings. The van der Waals surface area contributed by atoms with E-state index in [0.717, 1.165) is 35.4 Å². The molecule has 1 aromatic heterocycles. The summed E-state index contributed by atoms with van der Waals surface area (Å²) in [5, 5.41) is 3.60. The van der Waals surface area contributed by atoms with Crippen LogP contribution in [0, 0.1) is 0 Å². The third-order valence-corrected chi connectivity index (χ3v) is 6.68. The van der Waals surface area contributed by atoms with Crippen LogP contribution in [-0.4, -0.2) is 55.9 Å². The van der Waals surface area contributed by atoms with Crippen LogP contribution in [0.1, 0.15) is 11.1 Å². The Morgan fingerprint density at radius 1 is 1.13 bits per heavy atom. The third kappa shape index (κ3) is 3.57. The number of fused-ring (bicyclic) bond motifs is 2. The second-order valence-corrected chi connectivity index (χ2v) is 8.45. The average molecular weight is 425 g/mol. The fraction of sp³-hybridized carbons (Fsp3) is 0.364. The highest BCUT2D eigenvalue weighted by molar-refractivity contribution is 7.23. The van der Waals surface area contributed by atoms with Crippen molar-refractivity contribution < 1.29 is 14.3 Å². The zero-order valence-corrected chi connectivity index (χ0v) is 17.7. The van der Waals surface area contributed by atoms with Crippen LogP contribution in [-0.2, 0) is 17.7 Å². The molecule has 0 unspecified atom stereocenters. The molecular weight excluding hydrogens is 400 g/mol. The van der Waals surface area contributed by atoms with Gasteiger partial charge in [0, 0.05) is 26.2 Å². The van der Waals surface area contributed by atoms with E-state index in [-0.39, 0.29) is 6.03 Å². The number of carbonyl (C=O) groups excluding carboxylic acids is 1. The molecule has 0 bridgehead atoms. The number of nitrogens with one attached hydrogen (secondary N) is 1. The maximum Gasteiger partial charge on any atom is 0.323 e. The molecular formula is C22H24N4O3S. The predicted molar refractivity (Wildman–Crippen MR) is 119 cm³/mol. The predicted octanol–water partition coefficient (Wildman–Crippen LogP) is 3.73. The number of hydrogen-bond donors (Lipinski definition) is 1. The number of methoxy groups -OCH3 is 1. The smallest absolute Gasteiger partial charge is 0.323 e. The second kappa shape index (κ2) is 8.12. The highest BCUT2D eigenvalue weighted by Crippen LogP contribution is 2.39. The minimum absolute atomic E-state index is 0.115. The van der Waals surface area contributed by atoms with E-state index < -0.39 is 0 Å². The molecule has 7 nitrogen and oxygen atoms in total. The normalized spacial score (nSPS) is 16.4. The fourth-order valence-corrected chi connectivity index (χ4v) is 5.09. The molecule has 156 valence electrons. The zero-order chi connectivity index (χ0) is 20.5. The van der Waals surface area contributed by atoms with Gasteiger partial charge in [0.15, 0.2) is 5.13 Å². The molecule has 2 aromatic carbocycles. The number of ether oxygens (including phenoxy) is 2. The summed E-state index contributed by atoms with van der Waals surface area (Å²) in [5.41, 5.74) is 4.42. The molecule has 5 rings (SSSR count). The molecule has 2 aliphatic heterocycles. The Morgan fingerprint density at radius 2 is 1.93 bits per heavy atom. The van der Waals surface area contributed by atoms with Crippen molar-refractivity contribution in [2.24, 2.45) is 0 Å². The van der Waals surface area contributed by atoms with Crippen molar-refractivity contribution in [3.05, 3.63) is 47.5 Å². The first-order valence-corrected chi connectivity index (χ1v) is 11.0. The number of anilines is 2. The van der Waals surface area contributed by atoms with Gasteiger partial charge in [0.1, 0.15) is 11.3 Å². The zero-order valence-electron chi connectivity index (χ0n) is 16.9. The summed E-state index contributed by atoms with van der Waals surface area (Å²) in [6.45, 7) is 4.44. The monoisotopic (exact) mass is 424 g/mol. The van der Waals surface area contributed by atoms with Crippen LogP contribution in [0.25, 0.3) is 10.2 Å². The maximum absolute atomic E-state index is 12.9. The molecule has 2 amide bonds. The molecule has 2 aliphatic rings. The van der Waals surface area contributed by atoms with E-state index in [2.05, 4.69) is 34.5 Å². The molecule has 0 spiro atoms. The molecule has 3 aromatic rings. The molecule has 1 N–H and O–H groups in total. The topological polar surface area (TPSA) is 66.9 Å². The number of morpholine rings is 1. The van der Waals surface area contributed by atoms with E-state index in [1.54, 1.807) is 7.11 Å². The number of nitrogens with zero attached hydrogens (tertiary/aromatic N) is 3. The Hall–Kier alpha value is -2.84. The van der Waals surface area contributed by atoms with Gasteiger partial charge in [0.2, 0.25) is 0 Å². The lowest BCUT2D eigenvalue weighted by molar-refractivity contribution is 0.123. The Balaban J connectivity index is 1.40. The van der Waals surface area contributed by atoms with Gasteiger partial charge in [-0.05, 0) is 29.7 Å². The lowest BCUT2D eigenvalue weighted by Crippen LogP contribution is -2.38. The van der Waals surface area contributed by atoms with Gasteiger partial charge in [0.05, 0.1) is 30.7 Å². The third-order valence-electron chi connectivity index (χ3n) is 5.69. The van der Waals surface area contributed by atoms with Crippen molar-refractivity contribution in [2.45, 2.75) is 13.0 Å². The van der Waals surface area contributed by atoms with Crippen LogP contribution < -0.4 is 15.0 Å². The van der Waals surface area contributed by atoms with E-state index >= 15 is 0 Å². The van der Waals surface area contributed by atoms with Gasteiger partial charge in [-0.2, -0.15) is 0 Å². The van der Waals surface area contributed by atoms with Gasteiger partial charge >= 0.3 is 6.03 Å². The van der Waals surface area contributed by atoms with E-state index in [0.29, 0.717) is 37.2 Å². The standard InChI is InChI=1S/C22H24N4O3S/c1-28-18-7-6-17(25-10-12-29-13-11-25)20-19(18)23-21(30-20)24-22(27)26-9-8-15-4-2-3-5-16(15)14-26/h2-7H,8-14H2,1H3,(H,23,24,27). The van der Waals surface area contributed by atoms with E-state index in [9.17, 15) is 4.79 Å². The number of hydrogen-bond acceptors (Lipinski definition) is 6. The van der Waals surface area contributed by atoms with Crippen LogP contribution in [0.2, 0.25) is 0 Å². The molecule has 0 radical (unpaired) electrons. The van der Waals surface area contributed by atoms with Crippen LogP contribution >= 0.6 is 11.3 Å². The number of thiazole rings is 1. The van der Waals surface area contributed by atoms with E-state index in [4.69, 9.17) is 14.5 Å². The lowest BCUT2D eigenvalue weighted by Gasteiger charge is -2.29. The Morgan fingerprint density at radius 3 is 2.73 bits per heavy atom. The van der Waals surface area contributed by atoms with Crippen molar-refractivity contribution in [1.82, 2.24) is 9.88 Å². The summed E-state index contributed by atoms with van der Waals surface area (Å²) in [7, 11) is 1.64. The summed E-state index contributed by atoms with van der Waals surface area (Å²) in [5.74, 6) is 0.714. The first-order valence-electron chi connectivity index (χ1n) is 10.2. The molecule has 8 heteroatoms. The van der Waals surface area contributed by atoms with Gasteiger partial charge in [-0.25, -0.2) is 9.78 Å². The second-order valence-electron chi connectivity index (χ2n) is 7.45. The molecule has 1 saturated heterocycles. The number of aromatic nitrogens is 1. The van der Waals surface area contributed by atoms with Gasteiger partial charge in [-0.1, -0.05) is 35.6 Å². The first-order chi connectivity index (χ1) is 14.7. The number of benzene rings is 2. The van der Waals surface area contributed by atoms with Crippen LogP contribution in [0.15, 0.2) is 36.4 Å². The van der Waals surface area contributed by atoms with Crippen LogP contribution in [0.3, 0.4) is 0 Å². The summed E-state index contributed by atoms with van der Waals surface area (Å²) in [6.07, 6.45) is 0.873. The van der Waals surface area contributed by atoms with E-state index in [1.807, 2.05) is 17.0 Å². The number of amides is 2.